The third kappa shape index (κ3) is 2.33. The van der Waals surface area contributed by atoms with Gasteiger partial charge in [-0.25, -0.2) is 4.39 Å². The number of ether oxygens (including phenoxy) is 1. The van der Waals surface area contributed by atoms with E-state index in [1.165, 1.54) is 12.1 Å². The molecule has 0 fully saturated rings. The molecule has 0 aliphatic carbocycles. The minimum atomic E-state index is -0.527. The molecule has 0 bridgehead atoms. The minimum absolute atomic E-state index is 0.135. The topological polar surface area (TPSA) is 64.3 Å². The van der Waals surface area contributed by atoms with Crippen molar-refractivity contribution >= 4 is 11.6 Å². The summed E-state index contributed by atoms with van der Waals surface area (Å²) in [6.07, 6.45) is 0. The summed E-state index contributed by atoms with van der Waals surface area (Å²) in [4.78, 5) is 11.8. The molecule has 0 saturated heterocycles. The Balaban J connectivity index is 2.04. The Morgan fingerprint density at radius 1 is 1.27 bits per heavy atom. The van der Waals surface area contributed by atoms with Gasteiger partial charge in [-0.15, -0.1) is 0 Å². The van der Waals surface area contributed by atoms with Crippen molar-refractivity contribution in [2.75, 3.05) is 12.4 Å². The van der Waals surface area contributed by atoms with E-state index in [-0.39, 0.29) is 17.6 Å². The number of hydrogen-bond donors (Lipinski definition) is 2. The molecule has 2 aromatic carbocycles. The molecule has 2 atom stereocenters. The largest absolute Gasteiger partial charge is 0.497 e. The van der Waals surface area contributed by atoms with Gasteiger partial charge in [0.25, 0.3) is 0 Å². The van der Waals surface area contributed by atoms with Crippen molar-refractivity contribution in [1.29, 1.82) is 0 Å². The van der Waals surface area contributed by atoms with Crippen molar-refractivity contribution in [2.45, 2.75) is 18.9 Å². The van der Waals surface area contributed by atoms with E-state index in [2.05, 4.69) is 5.32 Å². The Labute approximate surface area is 128 Å². The van der Waals surface area contributed by atoms with Crippen molar-refractivity contribution in [3.63, 3.8) is 0 Å². The van der Waals surface area contributed by atoms with E-state index in [0.717, 1.165) is 11.3 Å². The fourth-order valence-electron chi connectivity index (χ4n) is 2.74. The molecule has 1 aliphatic heterocycles. The normalized spacial score (nSPS) is 17.8. The lowest BCUT2D eigenvalue weighted by Crippen LogP contribution is -2.15. The number of methoxy groups -OCH3 is 1. The van der Waals surface area contributed by atoms with E-state index in [9.17, 15) is 9.18 Å². The van der Waals surface area contributed by atoms with Gasteiger partial charge >= 0.3 is 0 Å². The van der Waals surface area contributed by atoms with Gasteiger partial charge in [0.05, 0.1) is 24.8 Å². The smallest absolute Gasteiger partial charge is 0.231 e. The zero-order chi connectivity index (χ0) is 15.9. The molecule has 3 N–H and O–H groups in total. The van der Waals surface area contributed by atoms with Gasteiger partial charge in [0.1, 0.15) is 11.6 Å². The maximum atomic E-state index is 13.9. The highest BCUT2D eigenvalue weighted by atomic mass is 19.1. The van der Waals surface area contributed by atoms with Gasteiger partial charge in [0, 0.05) is 5.56 Å². The van der Waals surface area contributed by atoms with Crippen LogP contribution < -0.4 is 15.8 Å². The number of rotatable bonds is 3. The first kappa shape index (κ1) is 14.5. The van der Waals surface area contributed by atoms with E-state index >= 15 is 0 Å². The first-order chi connectivity index (χ1) is 10.5. The van der Waals surface area contributed by atoms with Crippen molar-refractivity contribution in [3.05, 3.63) is 58.9 Å². The lowest BCUT2D eigenvalue weighted by molar-refractivity contribution is -0.116. The molecule has 0 saturated carbocycles. The summed E-state index contributed by atoms with van der Waals surface area (Å²) in [6, 6.07) is 9.52. The van der Waals surface area contributed by atoms with Crippen molar-refractivity contribution in [2.24, 2.45) is 5.73 Å². The number of fused-ring (bicyclic) bond motifs is 1. The average molecular weight is 300 g/mol. The van der Waals surface area contributed by atoms with Gasteiger partial charge in [0.2, 0.25) is 5.91 Å². The van der Waals surface area contributed by atoms with Crippen LogP contribution in [0.15, 0.2) is 36.4 Å². The summed E-state index contributed by atoms with van der Waals surface area (Å²) in [7, 11) is 1.59. The molecule has 2 aromatic rings. The van der Waals surface area contributed by atoms with E-state index in [4.69, 9.17) is 10.5 Å². The zero-order valence-electron chi connectivity index (χ0n) is 12.4. The SMILES string of the molecule is COc1ccc(C(N)c2cc(F)cc3c2NC(=O)C3C)cc1. The average Bonchev–Trinajstić information content (AvgIpc) is 2.81. The highest BCUT2D eigenvalue weighted by molar-refractivity contribution is 6.03. The van der Waals surface area contributed by atoms with E-state index < -0.39 is 6.04 Å². The van der Waals surface area contributed by atoms with Crippen LogP contribution in [-0.4, -0.2) is 13.0 Å². The molecule has 114 valence electrons. The Bertz CT molecular complexity index is 728. The minimum Gasteiger partial charge on any atom is -0.497 e. The van der Waals surface area contributed by atoms with E-state index in [0.29, 0.717) is 16.8 Å². The molecule has 1 aliphatic rings. The van der Waals surface area contributed by atoms with Crippen molar-refractivity contribution < 1.29 is 13.9 Å². The quantitative estimate of drug-likeness (QED) is 0.916. The molecule has 1 amide bonds. The van der Waals surface area contributed by atoms with Crippen LogP contribution in [0, 0.1) is 5.82 Å². The van der Waals surface area contributed by atoms with Gasteiger partial charge in [-0.05, 0) is 42.3 Å². The molecule has 0 aromatic heterocycles. The number of anilines is 1. The first-order valence-corrected chi connectivity index (χ1v) is 7.05. The van der Waals surface area contributed by atoms with Crippen LogP contribution in [0.4, 0.5) is 10.1 Å². The molecular formula is C17H17FN2O2. The lowest BCUT2D eigenvalue weighted by Gasteiger charge is -2.17. The summed E-state index contributed by atoms with van der Waals surface area (Å²) in [5.74, 6) is -0.167. The molecule has 0 radical (unpaired) electrons. The maximum absolute atomic E-state index is 13.9. The van der Waals surface area contributed by atoms with Crippen LogP contribution in [0.5, 0.6) is 5.75 Å². The predicted octanol–water partition coefficient (Wildman–Crippen LogP) is 2.94. The second kappa shape index (κ2) is 5.42. The monoisotopic (exact) mass is 300 g/mol. The Kier molecular flexibility index (Phi) is 3.58. The molecule has 0 spiro atoms. The number of halogens is 1. The third-order valence-electron chi connectivity index (χ3n) is 4.08. The molecule has 5 heteroatoms. The van der Waals surface area contributed by atoms with Gasteiger partial charge in [-0.1, -0.05) is 12.1 Å². The van der Waals surface area contributed by atoms with Crippen LogP contribution in [0.3, 0.4) is 0 Å². The van der Waals surface area contributed by atoms with Crippen molar-refractivity contribution in [1.82, 2.24) is 0 Å². The molecule has 1 heterocycles. The second-order valence-electron chi connectivity index (χ2n) is 5.42. The summed E-state index contributed by atoms with van der Waals surface area (Å²) in [5, 5.41) is 2.81. The third-order valence-corrected chi connectivity index (χ3v) is 4.08. The first-order valence-electron chi connectivity index (χ1n) is 7.05. The van der Waals surface area contributed by atoms with Crippen LogP contribution >= 0.6 is 0 Å². The van der Waals surface area contributed by atoms with Gasteiger partial charge < -0.3 is 15.8 Å². The van der Waals surface area contributed by atoms with E-state index in [1.807, 2.05) is 12.1 Å². The number of hydrogen-bond acceptors (Lipinski definition) is 3. The second-order valence-corrected chi connectivity index (χ2v) is 5.42. The molecule has 22 heavy (non-hydrogen) atoms. The summed E-state index contributed by atoms with van der Waals surface area (Å²) < 4.78 is 19.0. The van der Waals surface area contributed by atoms with Crippen LogP contribution in [0.1, 0.15) is 35.6 Å². The molecule has 3 rings (SSSR count). The standard InChI is InChI=1S/C17H17FN2O2/c1-9-13-7-11(18)8-14(16(13)20-17(9)21)15(19)10-3-5-12(22-2)6-4-10/h3-9,15H,19H2,1-2H3,(H,20,21). The molecular weight excluding hydrogens is 283 g/mol. The molecule has 4 nitrogen and oxygen atoms in total. The Morgan fingerprint density at radius 3 is 2.59 bits per heavy atom. The zero-order valence-corrected chi connectivity index (χ0v) is 12.4. The van der Waals surface area contributed by atoms with Gasteiger partial charge in [-0.3, -0.25) is 4.79 Å². The van der Waals surface area contributed by atoms with Gasteiger partial charge in [-0.2, -0.15) is 0 Å². The highest BCUT2D eigenvalue weighted by Crippen LogP contribution is 2.39. The van der Waals surface area contributed by atoms with Crippen LogP contribution in [0.25, 0.3) is 0 Å². The maximum Gasteiger partial charge on any atom is 0.231 e. The Morgan fingerprint density at radius 2 is 1.95 bits per heavy atom. The van der Waals surface area contributed by atoms with Crippen molar-refractivity contribution in [3.8, 4) is 5.75 Å². The number of amides is 1. The number of nitrogens with two attached hydrogens (primary N) is 1. The fourth-order valence-corrected chi connectivity index (χ4v) is 2.74. The van der Waals surface area contributed by atoms with Gasteiger partial charge in [0.15, 0.2) is 0 Å². The molecule has 2 unspecified atom stereocenters. The number of carbonyl (C=O) groups is 1. The Hall–Kier alpha value is -2.40. The fraction of sp³-hybridized carbons (Fsp3) is 0.235. The summed E-state index contributed by atoms with van der Waals surface area (Å²) in [6.45, 7) is 1.75. The van der Waals surface area contributed by atoms with E-state index in [1.54, 1.807) is 26.2 Å². The number of benzene rings is 2. The number of nitrogens with one attached hydrogen (secondary N) is 1. The number of carbonyl (C=O) groups excluding carboxylic acids is 1. The summed E-state index contributed by atoms with van der Waals surface area (Å²) >= 11 is 0. The summed E-state index contributed by atoms with van der Waals surface area (Å²) in [5.41, 5.74) is 8.97. The van der Waals surface area contributed by atoms with Crippen LogP contribution in [0.2, 0.25) is 0 Å². The highest BCUT2D eigenvalue weighted by Gasteiger charge is 2.31. The lowest BCUT2D eigenvalue weighted by atomic mass is 9.93. The van der Waals surface area contributed by atoms with Crippen LogP contribution in [-0.2, 0) is 4.79 Å². The predicted molar refractivity (Wildman–Crippen MR) is 82.5 cm³/mol.